The van der Waals surface area contributed by atoms with Gasteiger partial charge in [-0.15, -0.1) is 0 Å². The van der Waals surface area contributed by atoms with Gasteiger partial charge in [0.1, 0.15) is 12.4 Å². The number of halogens is 3. The first-order valence-corrected chi connectivity index (χ1v) is 15.5. The van der Waals surface area contributed by atoms with Crippen LogP contribution in [0.15, 0.2) is 75.4 Å². The van der Waals surface area contributed by atoms with Crippen LogP contribution in [0.4, 0.5) is 0 Å². The molecule has 0 aliphatic carbocycles. The molecule has 0 bridgehead atoms. The van der Waals surface area contributed by atoms with Crippen molar-refractivity contribution in [2.75, 3.05) is 20.3 Å². The third-order valence-electron chi connectivity index (χ3n) is 6.40. The highest BCUT2D eigenvalue weighted by Crippen LogP contribution is 2.36. The second-order valence-corrected chi connectivity index (χ2v) is 11.6. The average molecular weight is 736 g/mol. The van der Waals surface area contributed by atoms with Crippen molar-refractivity contribution in [1.82, 2.24) is 16.1 Å². The summed E-state index contributed by atoms with van der Waals surface area (Å²) in [6.45, 7) is 3.46. The Bertz CT molecular complexity index is 1670. The Balaban J connectivity index is 1.46. The average Bonchev–Trinajstić information content (AvgIpc) is 2.99. The normalized spacial score (nSPS) is 14.4. The van der Waals surface area contributed by atoms with Crippen LogP contribution in [0.25, 0.3) is 0 Å². The maximum absolute atomic E-state index is 12.8. The molecule has 1 amide bonds. The molecule has 4 rings (SSSR count). The van der Waals surface area contributed by atoms with E-state index in [1.807, 2.05) is 0 Å². The first kappa shape index (κ1) is 34.0. The number of hydrazone groups is 1. The highest BCUT2D eigenvalue weighted by Gasteiger charge is 2.32. The van der Waals surface area contributed by atoms with Crippen molar-refractivity contribution in [2.24, 2.45) is 5.10 Å². The first-order chi connectivity index (χ1) is 21.6. The van der Waals surface area contributed by atoms with E-state index in [2.05, 4.69) is 37.1 Å². The second kappa shape index (κ2) is 15.9. The van der Waals surface area contributed by atoms with Crippen LogP contribution in [-0.4, -0.2) is 43.5 Å². The van der Waals surface area contributed by atoms with Crippen molar-refractivity contribution in [1.29, 1.82) is 0 Å². The van der Waals surface area contributed by atoms with Crippen LogP contribution in [-0.2, 0) is 20.9 Å². The van der Waals surface area contributed by atoms with Gasteiger partial charge in [0, 0.05) is 36.9 Å². The largest absolute Gasteiger partial charge is 0.493 e. The first-order valence-electron chi connectivity index (χ1n) is 13.5. The van der Waals surface area contributed by atoms with Gasteiger partial charge in [0.15, 0.2) is 23.2 Å². The van der Waals surface area contributed by atoms with Gasteiger partial charge in [-0.1, -0.05) is 63.4 Å². The molecule has 45 heavy (non-hydrogen) atoms. The van der Waals surface area contributed by atoms with Crippen LogP contribution in [0.2, 0.25) is 10.0 Å². The Kier molecular flexibility index (Phi) is 12.1. The number of esters is 1. The van der Waals surface area contributed by atoms with E-state index in [-0.39, 0.29) is 19.8 Å². The fourth-order valence-electron chi connectivity index (χ4n) is 4.39. The van der Waals surface area contributed by atoms with E-state index < -0.39 is 17.9 Å². The number of carbonyl (C=O) groups excluding carboxylic acids is 2. The zero-order valence-electron chi connectivity index (χ0n) is 24.4. The van der Waals surface area contributed by atoms with Crippen LogP contribution in [0.3, 0.4) is 0 Å². The third kappa shape index (κ3) is 8.88. The number of thiocarbonyl (C=S) groups is 1. The topological polar surface area (TPSA) is 120 Å². The van der Waals surface area contributed by atoms with Crippen LogP contribution in [0.1, 0.15) is 36.6 Å². The number of amides is 1. The summed E-state index contributed by atoms with van der Waals surface area (Å²) in [5.74, 6) is 0.196. The lowest BCUT2D eigenvalue weighted by molar-refractivity contribution is -0.139. The molecular formula is C31H29BrCl2N4O6S. The number of carbonyl (C=O) groups is 2. The van der Waals surface area contributed by atoms with Gasteiger partial charge in [-0.25, -0.2) is 10.2 Å². The van der Waals surface area contributed by atoms with Crippen LogP contribution < -0.4 is 30.3 Å². The predicted octanol–water partition coefficient (Wildman–Crippen LogP) is 6.23. The summed E-state index contributed by atoms with van der Waals surface area (Å²) in [7, 11) is 1.52. The highest BCUT2D eigenvalue weighted by atomic mass is 79.9. The van der Waals surface area contributed by atoms with Gasteiger partial charge in [-0.05, 0) is 56.4 Å². The number of allylic oxidation sites excluding steroid dienone is 1. The van der Waals surface area contributed by atoms with Crippen molar-refractivity contribution < 1.29 is 28.5 Å². The number of methoxy groups -OCH3 is 1. The Morgan fingerprint density at radius 2 is 1.89 bits per heavy atom. The molecule has 1 aliphatic rings. The number of nitrogens with one attached hydrogen (secondary N) is 3. The van der Waals surface area contributed by atoms with Crippen LogP contribution in [0.5, 0.6) is 17.2 Å². The fourth-order valence-corrected chi connectivity index (χ4v) is 5.57. The summed E-state index contributed by atoms with van der Waals surface area (Å²) < 4.78 is 23.4. The Morgan fingerprint density at radius 3 is 2.62 bits per heavy atom. The quantitative estimate of drug-likeness (QED) is 0.0861. The van der Waals surface area contributed by atoms with Gasteiger partial charge >= 0.3 is 5.97 Å². The van der Waals surface area contributed by atoms with Crippen LogP contribution >= 0.6 is 51.3 Å². The van der Waals surface area contributed by atoms with Gasteiger partial charge in [0.05, 0.1) is 31.5 Å². The van der Waals surface area contributed by atoms with Crippen molar-refractivity contribution in [3.8, 4) is 17.2 Å². The molecule has 0 saturated heterocycles. The monoisotopic (exact) mass is 734 g/mol. The summed E-state index contributed by atoms with van der Waals surface area (Å²) in [6.07, 6.45) is 1.43. The molecule has 3 aromatic rings. The standard InChI is InChI=1S/C31H29BrCl2N4O6S/c1-4-42-30(40)27-17(2)36-31(45)37-28(27)22-7-5-6-8-24(22)43-16-26(39)38-35-14-19-11-20(32)12-25(41-3)29(19)44-15-18-9-10-21(33)13-23(18)34/h5-14,28H,4,15-16H2,1-3H3,(H,38,39)(H2,36,37,45)/t28-/m1/s1. The second-order valence-electron chi connectivity index (χ2n) is 9.46. The summed E-state index contributed by atoms with van der Waals surface area (Å²) in [4.78, 5) is 25.5. The molecule has 1 atom stereocenters. The number of ether oxygens (including phenoxy) is 4. The van der Waals surface area contributed by atoms with Gasteiger partial charge in [-0.3, -0.25) is 4.79 Å². The van der Waals surface area contributed by atoms with Gasteiger partial charge in [-0.2, -0.15) is 5.10 Å². The highest BCUT2D eigenvalue weighted by molar-refractivity contribution is 9.10. The predicted molar refractivity (Wildman–Crippen MR) is 180 cm³/mol. The summed E-state index contributed by atoms with van der Waals surface area (Å²) in [6, 6.07) is 15.0. The number of para-hydroxylation sites is 1. The third-order valence-corrected chi connectivity index (χ3v) is 7.67. The minimum Gasteiger partial charge on any atom is -0.493 e. The van der Waals surface area contributed by atoms with E-state index in [0.717, 1.165) is 5.56 Å². The number of hydrogen-bond donors (Lipinski definition) is 3. The molecular weight excluding hydrogens is 707 g/mol. The lowest BCUT2D eigenvalue weighted by atomic mass is 9.95. The van der Waals surface area contributed by atoms with E-state index >= 15 is 0 Å². The van der Waals surface area contributed by atoms with E-state index in [1.165, 1.54) is 13.3 Å². The van der Waals surface area contributed by atoms with E-state index in [0.29, 0.717) is 59.3 Å². The van der Waals surface area contributed by atoms with Crippen molar-refractivity contribution in [2.45, 2.75) is 26.5 Å². The number of nitrogens with zero attached hydrogens (tertiary/aromatic N) is 1. The van der Waals surface area contributed by atoms with Crippen molar-refractivity contribution in [3.05, 3.63) is 97.1 Å². The SMILES string of the molecule is CCOC(=O)C1=C(C)NC(=S)N[C@@H]1c1ccccc1OCC(=O)NN=Cc1cc(Br)cc(OC)c1OCc1ccc(Cl)cc1Cl. The molecule has 14 heteroatoms. The lowest BCUT2D eigenvalue weighted by Gasteiger charge is -2.30. The summed E-state index contributed by atoms with van der Waals surface area (Å²) >= 11 is 21.1. The van der Waals surface area contributed by atoms with Gasteiger partial charge in [0.2, 0.25) is 0 Å². The molecule has 236 valence electrons. The minimum atomic E-state index is -0.650. The number of benzene rings is 3. The summed E-state index contributed by atoms with van der Waals surface area (Å²) in [5.41, 5.74) is 5.23. The molecule has 0 saturated carbocycles. The van der Waals surface area contributed by atoms with Crippen molar-refractivity contribution in [3.63, 3.8) is 0 Å². The van der Waals surface area contributed by atoms with Gasteiger partial charge in [0.25, 0.3) is 5.91 Å². The van der Waals surface area contributed by atoms with Crippen molar-refractivity contribution >= 4 is 74.6 Å². The molecule has 0 radical (unpaired) electrons. The summed E-state index contributed by atoms with van der Waals surface area (Å²) in [5, 5.41) is 11.5. The Morgan fingerprint density at radius 1 is 1.11 bits per heavy atom. The maximum Gasteiger partial charge on any atom is 0.338 e. The molecule has 0 fully saturated rings. The fraction of sp³-hybridized carbons (Fsp3) is 0.226. The molecule has 10 nitrogen and oxygen atoms in total. The maximum atomic E-state index is 12.8. The molecule has 0 aromatic heterocycles. The number of hydrogen-bond acceptors (Lipinski definition) is 8. The number of rotatable bonds is 12. The zero-order valence-corrected chi connectivity index (χ0v) is 28.3. The van der Waals surface area contributed by atoms with E-state index in [9.17, 15) is 9.59 Å². The molecule has 1 aliphatic heterocycles. The zero-order chi connectivity index (χ0) is 32.5. The molecule has 3 aromatic carbocycles. The van der Waals surface area contributed by atoms with Crippen LogP contribution in [0, 0.1) is 0 Å². The Labute approximate surface area is 284 Å². The Hall–Kier alpha value is -3.84. The lowest BCUT2D eigenvalue weighted by Crippen LogP contribution is -2.45. The smallest absolute Gasteiger partial charge is 0.338 e. The van der Waals surface area contributed by atoms with Gasteiger partial charge < -0.3 is 29.6 Å². The molecule has 0 unspecified atom stereocenters. The van der Waals surface area contributed by atoms with E-state index in [4.69, 9.17) is 54.4 Å². The van der Waals surface area contributed by atoms with E-state index in [1.54, 1.807) is 68.4 Å². The molecule has 3 N–H and O–H groups in total. The minimum absolute atomic E-state index is 0.137. The molecule has 1 heterocycles. The molecule has 0 spiro atoms.